The van der Waals surface area contributed by atoms with Crippen LogP contribution < -0.4 is 0 Å². The third-order valence-corrected chi connectivity index (χ3v) is 11.0. The molecule has 0 aromatic rings. The molecule has 9 heteroatoms. The van der Waals surface area contributed by atoms with E-state index in [2.05, 4.69) is 0 Å². The highest BCUT2D eigenvalue weighted by molar-refractivity contribution is 7.72. The van der Waals surface area contributed by atoms with Gasteiger partial charge in [-0.25, -0.2) is 0 Å². The molecule has 0 atom stereocenters. The van der Waals surface area contributed by atoms with E-state index in [1.807, 2.05) is 0 Å². The zero-order valence-electron chi connectivity index (χ0n) is 5.42. The zero-order chi connectivity index (χ0) is 9.28. The molecule has 0 aromatic carbocycles. The first-order valence-corrected chi connectivity index (χ1v) is 12.6. The molecule has 0 spiro atoms. The summed E-state index contributed by atoms with van der Waals surface area (Å²) in [5.74, 6) is 0. The third kappa shape index (κ3) is 4.79. The molecule has 0 aliphatic rings. The normalized spacial score (nSPS) is 14.2. The van der Waals surface area contributed by atoms with Crippen LogP contribution in [0.25, 0.3) is 0 Å². The Morgan fingerprint density at radius 1 is 0.909 bits per heavy atom. The Balaban J connectivity index is 4.43. The standard InChI is InChI=1S/C2H5Cl6NSi2/c1-2-9(10(3,4)5)11(6,7)8/h2H2,1H3. The van der Waals surface area contributed by atoms with Crippen LogP contribution in [0.4, 0.5) is 0 Å². The van der Waals surface area contributed by atoms with Gasteiger partial charge in [-0.15, -0.1) is 66.5 Å². The molecule has 0 rings (SSSR count). The maximum atomic E-state index is 5.66. The number of hydrogen-bond acceptors (Lipinski definition) is 1. The lowest BCUT2D eigenvalue weighted by molar-refractivity contribution is 0.715. The van der Waals surface area contributed by atoms with Crippen molar-refractivity contribution in [2.45, 2.75) is 6.92 Å². The summed E-state index contributed by atoms with van der Waals surface area (Å²) in [5.41, 5.74) is 0. The Labute approximate surface area is 95.8 Å². The van der Waals surface area contributed by atoms with Crippen molar-refractivity contribution < 1.29 is 0 Å². The van der Waals surface area contributed by atoms with Crippen molar-refractivity contribution >= 4 is 78.8 Å². The van der Waals surface area contributed by atoms with Crippen molar-refractivity contribution in [3.63, 3.8) is 0 Å². The lowest BCUT2D eigenvalue weighted by atomic mass is 10.8. The fourth-order valence-corrected chi connectivity index (χ4v) is 14.9. The van der Waals surface area contributed by atoms with Gasteiger partial charge < -0.3 is 0 Å². The molecular weight excluding hydrogens is 307 g/mol. The fraction of sp³-hybridized carbons (Fsp3) is 1.00. The molecule has 0 radical (unpaired) electrons. The number of rotatable bonds is 3. The van der Waals surface area contributed by atoms with Crippen molar-refractivity contribution in [3.8, 4) is 0 Å². The van der Waals surface area contributed by atoms with Gasteiger partial charge in [0.05, 0.1) is 0 Å². The topological polar surface area (TPSA) is 3.24 Å². The Morgan fingerprint density at radius 3 is 1.18 bits per heavy atom. The smallest absolute Gasteiger partial charge is 0.273 e. The third-order valence-electron chi connectivity index (χ3n) is 0.928. The van der Waals surface area contributed by atoms with Crippen molar-refractivity contribution in [1.82, 2.24) is 4.23 Å². The van der Waals surface area contributed by atoms with Crippen molar-refractivity contribution in [2.75, 3.05) is 6.54 Å². The summed E-state index contributed by atoms with van der Waals surface area (Å²) in [6.45, 7) is 2.23. The van der Waals surface area contributed by atoms with Gasteiger partial charge in [0.1, 0.15) is 0 Å². The van der Waals surface area contributed by atoms with E-state index in [9.17, 15) is 0 Å². The summed E-state index contributed by atoms with van der Waals surface area (Å²) in [7, 11) is 0. The fourth-order valence-electron chi connectivity index (χ4n) is 0.502. The van der Waals surface area contributed by atoms with Crippen LogP contribution >= 0.6 is 66.5 Å². The molecule has 0 N–H and O–H groups in total. The van der Waals surface area contributed by atoms with Crippen LogP contribution in [0.3, 0.4) is 0 Å². The molecule has 11 heavy (non-hydrogen) atoms. The molecule has 0 aliphatic carbocycles. The van der Waals surface area contributed by atoms with Crippen LogP contribution in [0.1, 0.15) is 6.92 Å². The van der Waals surface area contributed by atoms with E-state index in [4.69, 9.17) is 66.5 Å². The molecule has 0 unspecified atom stereocenters. The van der Waals surface area contributed by atoms with Gasteiger partial charge in [-0.3, -0.25) is 4.23 Å². The van der Waals surface area contributed by atoms with E-state index in [-0.39, 0.29) is 0 Å². The lowest BCUT2D eigenvalue weighted by Gasteiger charge is -2.30. The minimum absolute atomic E-state index is 0.450. The second-order valence-corrected chi connectivity index (χ2v) is 18.4. The molecule has 0 fully saturated rings. The first kappa shape index (κ1) is 13.1. The predicted octanol–water partition coefficient (Wildman–Crippen LogP) is 3.61. The summed E-state index contributed by atoms with van der Waals surface area (Å²) < 4.78 is 1.37. The van der Waals surface area contributed by atoms with Crippen LogP contribution in [0.5, 0.6) is 0 Å². The number of hydrogen-bond donors (Lipinski definition) is 0. The second-order valence-electron chi connectivity index (χ2n) is 1.68. The SMILES string of the molecule is CCN([Si](Cl)(Cl)Cl)[Si](Cl)(Cl)Cl. The van der Waals surface area contributed by atoms with Gasteiger partial charge >= 0.3 is 12.3 Å². The molecule has 1 nitrogen and oxygen atoms in total. The van der Waals surface area contributed by atoms with E-state index in [0.717, 1.165) is 0 Å². The van der Waals surface area contributed by atoms with E-state index in [1.54, 1.807) is 6.92 Å². The zero-order valence-corrected chi connectivity index (χ0v) is 12.0. The predicted molar refractivity (Wildman–Crippen MR) is 59.0 cm³/mol. The molecule has 0 heterocycles. The Bertz CT molecular complexity index is 114. The van der Waals surface area contributed by atoms with E-state index in [0.29, 0.717) is 6.54 Å². The minimum Gasteiger partial charge on any atom is -0.273 e. The highest BCUT2D eigenvalue weighted by Gasteiger charge is 2.47. The monoisotopic (exact) mass is 309 g/mol. The van der Waals surface area contributed by atoms with E-state index >= 15 is 0 Å². The molecule has 0 bridgehead atoms. The quantitative estimate of drug-likeness (QED) is 0.568. The maximum Gasteiger partial charge on any atom is 0.420 e. The second kappa shape index (κ2) is 4.57. The molecule has 68 valence electrons. The molecular formula is C2H5Cl6NSi2. The highest BCUT2D eigenvalue weighted by atomic mass is 35.8. The average Bonchev–Trinajstić information content (AvgIpc) is 1.56. The molecule has 0 aliphatic heterocycles. The van der Waals surface area contributed by atoms with Gasteiger partial charge in [-0.05, 0) is 6.54 Å². The van der Waals surface area contributed by atoms with Gasteiger partial charge in [-0.1, -0.05) is 6.92 Å². The van der Waals surface area contributed by atoms with Gasteiger partial charge in [0.25, 0.3) is 0 Å². The molecule has 0 amide bonds. The van der Waals surface area contributed by atoms with Crippen molar-refractivity contribution in [2.24, 2.45) is 0 Å². The summed E-state index contributed by atoms with van der Waals surface area (Å²) in [6, 6.07) is 0. The van der Waals surface area contributed by atoms with Crippen molar-refractivity contribution in [1.29, 1.82) is 0 Å². The first-order chi connectivity index (χ1) is 4.69. The molecule has 0 aromatic heterocycles. The van der Waals surface area contributed by atoms with Gasteiger partial charge in [0, 0.05) is 0 Å². The van der Waals surface area contributed by atoms with Gasteiger partial charge in [0.15, 0.2) is 0 Å². The Kier molecular flexibility index (Phi) is 5.46. The summed E-state index contributed by atoms with van der Waals surface area (Å²) in [6.07, 6.45) is -6.01. The van der Waals surface area contributed by atoms with Crippen LogP contribution in [-0.2, 0) is 0 Å². The van der Waals surface area contributed by atoms with Crippen LogP contribution in [-0.4, -0.2) is 23.1 Å². The summed E-state index contributed by atoms with van der Waals surface area (Å²) in [4.78, 5) is 0. The average molecular weight is 312 g/mol. The van der Waals surface area contributed by atoms with E-state index in [1.165, 1.54) is 4.23 Å². The maximum absolute atomic E-state index is 5.66. The van der Waals surface area contributed by atoms with Crippen molar-refractivity contribution in [3.05, 3.63) is 0 Å². The summed E-state index contributed by atoms with van der Waals surface area (Å²) >= 11 is 34.0. The van der Waals surface area contributed by atoms with E-state index < -0.39 is 12.3 Å². The Morgan fingerprint density at radius 2 is 1.18 bits per heavy atom. The Hall–Kier alpha value is 2.13. The summed E-state index contributed by atoms with van der Waals surface area (Å²) in [5, 5.41) is 0. The van der Waals surface area contributed by atoms with Crippen LogP contribution in [0.15, 0.2) is 0 Å². The number of halogens is 6. The highest BCUT2D eigenvalue weighted by Crippen LogP contribution is 2.35. The number of nitrogens with zero attached hydrogens (tertiary/aromatic N) is 1. The molecule has 0 saturated heterocycles. The lowest BCUT2D eigenvalue weighted by Crippen LogP contribution is -2.51. The van der Waals surface area contributed by atoms with Gasteiger partial charge in [0.2, 0.25) is 0 Å². The van der Waals surface area contributed by atoms with Crippen LogP contribution in [0.2, 0.25) is 0 Å². The van der Waals surface area contributed by atoms with Crippen LogP contribution in [0, 0.1) is 0 Å². The minimum atomic E-state index is -3.01. The van der Waals surface area contributed by atoms with Gasteiger partial charge in [-0.2, -0.15) is 0 Å². The largest absolute Gasteiger partial charge is 0.420 e. The first-order valence-electron chi connectivity index (χ1n) is 2.60. The molecule has 0 saturated carbocycles.